The van der Waals surface area contributed by atoms with Crippen LogP contribution in [-0.4, -0.2) is 4.57 Å². The van der Waals surface area contributed by atoms with Crippen LogP contribution in [0.25, 0.3) is 5.70 Å². The predicted octanol–water partition coefficient (Wildman–Crippen LogP) is 3.09. The second kappa shape index (κ2) is 3.77. The number of nitrogens with zero attached hydrogens (tertiary/aromatic N) is 1. The van der Waals surface area contributed by atoms with Crippen LogP contribution in [0.1, 0.15) is 6.92 Å². The molecular formula is C11H13N. The van der Waals surface area contributed by atoms with Crippen LogP contribution in [0.3, 0.4) is 0 Å². The number of aromatic nitrogens is 1. The Hall–Kier alpha value is -1.50. The van der Waals surface area contributed by atoms with Crippen molar-refractivity contribution in [2.45, 2.75) is 6.92 Å². The van der Waals surface area contributed by atoms with Gasteiger partial charge >= 0.3 is 0 Å². The maximum atomic E-state index is 3.90. The van der Waals surface area contributed by atoms with Crippen molar-refractivity contribution < 1.29 is 0 Å². The molecule has 1 aromatic heterocycles. The molecule has 0 aliphatic heterocycles. The van der Waals surface area contributed by atoms with E-state index in [9.17, 15) is 0 Å². The van der Waals surface area contributed by atoms with E-state index in [1.807, 2.05) is 48.2 Å². The minimum Gasteiger partial charge on any atom is -0.324 e. The normalized spacial score (nSPS) is 10.4. The average molecular weight is 159 g/mol. The molecular weight excluding hydrogens is 146 g/mol. The maximum absolute atomic E-state index is 3.90. The molecule has 0 N–H and O–H groups in total. The van der Waals surface area contributed by atoms with Gasteiger partial charge in [-0.2, -0.15) is 0 Å². The van der Waals surface area contributed by atoms with Crippen molar-refractivity contribution in [2.24, 2.45) is 0 Å². The fourth-order valence-corrected chi connectivity index (χ4v) is 0.851. The molecule has 1 heteroatoms. The van der Waals surface area contributed by atoms with E-state index in [1.165, 1.54) is 0 Å². The van der Waals surface area contributed by atoms with Gasteiger partial charge in [0.05, 0.1) is 0 Å². The van der Waals surface area contributed by atoms with Gasteiger partial charge in [-0.3, -0.25) is 0 Å². The fourth-order valence-electron chi connectivity index (χ4n) is 0.851. The molecule has 0 bridgehead atoms. The Morgan fingerprint density at radius 2 is 1.75 bits per heavy atom. The summed E-state index contributed by atoms with van der Waals surface area (Å²) in [5, 5.41) is 0. The quantitative estimate of drug-likeness (QED) is 0.597. The van der Waals surface area contributed by atoms with E-state index >= 15 is 0 Å². The fraction of sp³-hybridized carbons (Fsp3) is 0.0909. The van der Waals surface area contributed by atoms with Gasteiger partial charge in [0.1, 0.15) is 0 Å². The highest BCUT2D eigenvalue weighted by Gasteiger charge is 1.88. The van der Waals surface area contributed by atoms with Gasteiger partial charge in [0.2, 0.25) is 0 Å². The van der Waals surface area contributed by atoms with Crippen molar-refractivity contribution in [1.29, 1.82) is 0 Å². The summed E-state index contributed by atoms with van der Waals surface area (Å²) in [7, 11) is 0. The SMILES string of the molecule is C=C(C)/C=C\C(=C)n1cccc1. The largest absolute Gasteiger partial charge is 0.324 e. The lowest BCUT2D eigenvalue weighted by molar-refractivity contribution is 1.13. The van der Waals surface area contributed by atoms with Gasteiger partial charge in [-0.05, 0) is 25.1 Å². The first-order valence-electron chi connectivity index (χ1n) is 3.86. The van der Waals surface area contributed by atoms with Gasteiger partial charge in [0.15, 0.2) is 0 Å². The van der Waals surface area contributed by atoms with E-state index in [1.54, 1.807) is 0 Å². The third kappa shape index (κ3) is 2.27. The van der Waals surface area contributed by atoms with Gasteiger partial charge < -0.3 is 4.57 Å². The highest BCUT2D eigenvalue weighted by molar-refractivity contribution is 5.55. The van der Waals surface area contributed by atoms with Crippen LogP contribution in [0.4, 0.5) is 0 Å². The summed E-state index contributed by atoms with van der Waals surface area (Å²) in [5.74, 6) is 0. The zero-order valence-corrected chi connectivity index (χ0v) is 7.33. The van der Waals surface area contributed by atoms with Gasteiger partial charge in [-0.25, -0.2) is 0 Å². The molecule has 1 heterocycles. The first-order valence-corrected chi connectivity index (χ1v) is 3.86. The average Bonchev–Trinajstić information content (AvgIpc) is 2.51. The summed E-state index contributed by atoms with van der Waals surface area (Å²) in [4.78, 5) is 0. The molecule has 0 aliphatic carbocycles. The van der Waals surface area contributed by atoms with Crippen molar-refractivity contribution >= 4 is 5.70 Å². The molecule has 12 heavy (non-hydrogen) atoms. The summed E-state index contributed by atoms with van der Waals surface area (Å²) < 4.78 is 1.96. The van der Waals surface area contributed by atoms with Crippen molar-refractivity contribution in [3.63, 3.8) is 0 Å². The standard InChI is InChI=1S/C11H13N/c1-10(2)6-7-11(3)12-8-4-5-9-12/h4-9H,1,3H2,2H3/b7-6-. The van der Waals surface area contributed by atoms with Crippen LogP contribution < -0.4 is 0 Å². The Kier molecular flexibility index (Phi) is 2.70. The summed E-state index contributed by atoms with van der Waals surface area (Å²) in [6.07, 6.45) is 7.82. The zero-order valence-electron chi connectivity index (χ0n) is 7.33. The molecule has 0 atom stereocenters. The Labute approximate surface area is 73.3 Å². The van der Waals surface area contributed by atoms with Gasteiger partial charge in [0.25, 0.3) is 0 Å². The molecule has 0 amide bonds. The van der Waals surface area contributed by atoms with E-state index in [0.29, 0.717) is 0 Å². The molecule has 0 fully saturated rings. The van der Waals surface area contributed by atoms with Crippen LogP contribution in [0, 0.1) is 0 Å². The number of hydrogen-bond acceptors (Lipinski definition) is 0. The third-order valence-corrected chi connectivity index (χ3v) is 1.50. The molecule has 0 aliphatic rings. The number of hydrogen-bond donors (Lipinski definition) is 0. The zero-order chi connectivity index (χ0) is 8.97. The topological polar surface area (TPSA) is 4.93 Å². The maximum Gasteiger partial charge on any atom is 0.0377 e. The molecule has 1 rings (SSSR count). The van der Waals surface area contributed by atoms with E-state index in [2.05, 4.69) is 13.2 Å². The Morgan fingerprint density at radius 1 is 1.17 bits per heavy atom. The smallest absolute Gasteiger partial charge is 0.0377 e. The molecule has 0 radical (unpaired) electrons. The lowest BCUT2D eigenvalue weighted by atomic mass is 10.3. The Morgan fingerprint density at radius 3 is 2.25 bits per heavy atom. The van der Waals surface area contributed by atoms with Gasteiger partial charge in [-0.15, -0.1) is 0 Å². The molecule has 0 unspecified atom stereocenters. The molecule has 0 aromatic carbocycles. The third-order valence-electron chi connectivity index (χ3n) is 1.50. The van der Waals surface area contributed by atoms with Gasteiger partial charge in [-0.1, -0.05) is 24.8 Å². The van der Waals surface area contributed by atoms with E-state index in [-0.39, 0.29) is 0 Å². The second-order valence-electron chi connectivity index (χ2n) is 2.76. The van der Waals surface area contributed by atoms with Crippen LogP contribution in [-0.2, 0) is 0 Å². The van der Waals surface area contributed by atoms with Crippen LogP contribution >= 0.6 is 0 Å². The lowest BCUT2D eigenvalue weighted by Gasteiger charge is -1.99. The lowest BCUT2D eigenvalue weighted by Crippen LogP contribution is -1.86. The van der Waals surface area contributed by atoms with Crippen molar-refractivity contribution in [2.75, 3.05) is 0 Å². The first kappa shape index (κ1) is 8.60. The Bertz CT molecular complexity index is 302. The van der Waals surface area contributed by atoms with Crippen LogP contribution in [0.15, 0.2) is 55.4 Å². The summed E-state index contributed by atoms with van der Waals surface area (Å²) >= 11 is 0. The first-order chi connectivity index (χ1) is 5.70. The number of allylic oxidation sites excluding steroid dienone is 4. The van der Waals surface area contributed by atoms with Crippen molar-refractivity contribution in [3.05, 3.63) is 55.4 Å². The molecule has 0 saturated carbocycles. The molecule has 1 nitrogen and oxygen atoms in total. The second-order valence-corrected chi connectivity index (χ2v) is 2.76. The molecule has 0 spiro atoms. The Balaban J connectivity index is 2.68. The van der Waals surface area contributed by atoms with Crippen LogP contribution in [0.2, 0.25) is 0 Å². The minimum absolute atomic E-state index is 0.947. The highest BCUT2D eigenvalue weighted by Crippen LogP contribution is 2.04. The predicted molar refractivity (Wildman–Crippen MR) is 53.7 cm³/mol. The molecule has 1 aromatic rings. The highest BCUT2D eigenvalue weighted by atomic mass is 14.9. The summed E-state index contributed by atoms with van der Waals surface area (Å²) in [6, 6.07) is 3.94. The van der Waals surface area contributed by atoms with E-state index < -0.39 is 0 Å². The monoisotopic (exact) mass is 159 g/mol. The molecule has 0 saturated heterocycles. The van der Waals surface area contributed by atoms with Crippen LogP contribution in [0.5, 0.6) is 0 Å². The number of rotatable bonds is 3. The molecule has 62 valence electrons. The van der Waals surface area contributed by atoms with E-state index in [0.717, 1.165) is 11.3 Å². The van der Waals surface area contributed by atoms with Crippen molar-refractivity contribution in [1.82, 2.24) is 4.57 Å². The summed E-state index contributed by atoms with van der Waals surface area (Å²) in [6.45, 7) is 9.63. The summed E-state index contributed by atoms with van der Waals surface area (Å²) in [5.41, 5.74) is 1.98. The van der Waals surface area contributed by atoms with Gasteiger partial charge in [0, 0.05) is 18.1 Å². The van der Waals surface area contributed by atoms with Crippen molar-refractivity contribution in [3.8, 4) is 0 Å². The van der Waals surface area contributed by atoms with E-state index in [4.69, 9.17) is 0 Å². The minimum atomic E-state index is 0.947.